The zero-order valence-corrected chi connectivity index (χ0v) is 14.3. The minimum atomic E-state index is -0.679. The van der Waals surface area contributed by atoms with Gasteiger partial charge in [-0.2, -0.15) is 0 Å². The monoisotopic (exact) mass is 361 g/mol. The number of nitrogens with zero attached hydrogens (tertiary/aromatic N) is 1. The van der Waals surface area contributed by atoms with E-state index in [1.807, 2.05) is 36.4 Å². The van der Waals surface area contributed by atoms with Gasteiger partial charge in [0, 0.05) is 12.0 Å². The minimum Gasteiger partial charge on any atom is -0.461 e. The van der Waals surface area contributed by atoms with E-state index in [9.17, 15) is 14.4 Å². The molecule has 2 heterocycles. The summed E-state index contributed by atoms with van der Waals surface area (Å²) in [6.45, 7) is 0. The van der Waals surface area contributed by atoms with E-state index in [1.54, 1.807) is 18.2 Å². The van der Waals surface area contributed by atoms with Crippen LogP contribution in [-0.2, 0) is 16.1 Å². The SMILES string of the molecule is O=C(CCc1ccc(-c2ccccc2)o1)ON1C(=O)c2ccccc2C1=O. The molecule has 1 aliphatic heterocycles. The molecule has 1 aliphatic rings. The molecule has 0 N–H and O–H groups in total. The maximum atomic E-state index is 12.2. The Morgan fingerprint density at radius 1 is 0.852 bits per heavy atom. The molecular formula is C21H15NO5. The van der Waals surface area contributed by atoms with Gasteiger partial charge in [0.15, 0.2) is 0 Å². The van der Waals surface area contributed by atoms with Gasteiger partial charge in [0.1, 0.15) is 11.5 Å². The molecule has 0 saturated carbocycles. The first kappa shape index (κ1) is 16.8. The van der Waals surface area contributed by atoms with Gasteiger partial charge in [0.25, 0.3) is 11.8 Å². The number of imide groups is 1. The highest BCUT2D eigenvalue weighted by atomic mass is 16.7. The zero-order valence-electron chi connectivity index (χ0n) is 14.3. The molecule has 0 radical (unpaired) electrons. The van der Waals surface area contributed by atoms with Crippen molar-refractivity contribution in [3.8, 4) is 11.3 Å². The van der Waals surface area contributed by atoms with E-state index in [0.29, 0.717) is 23.0 Å². The molecule has 6 heteroatoms. The number of hydrogen-bond donors (Lipinski definition) is 0. The summed E-state index contributed by atoms with van der Waals surface area (Å²) >= 11 is 0. The summed E-state index contributed by atoms with van der Waals surface area (Å²) in [6.07, 6.45) is 0.282. The van der Waals surface area contributed by atoms with Gasteiger partial charge in [-0.15, -0.1) is 0 Å². The fraction of sp³-hybridized carbons (Fsp3) is 0.0952. The quantitative estimate of drug-likeness (QED) is 0.649. The number of amides is 2. The average Bonchev–Trinajstić information content (AvgIpc) is 3.27. The van der Waals surface area contributed by atoms with Crippen LogP contribution >= 0.6 is 0 Å². The van der Waals surface area contributed by atoms with Crippen LogP contribution < -0.4 is 0 Å². The lowest BCUT2D eigenvalue weighted by Crippen LogP contribution is -2.32. The van der Waals surface area contributed by atoms with E-state index < -0.39 is 17.8 Å². The van der Waals surface area contributed by atoms with Crippen molar-refractivity contribution >= 4 is 17.8 Å². The lowest BCUT2D eigenvalue weighted by molar-refractivity contribution is -0.168. The smallest absolute Gasteiger partial charge is 0.333 e. The summed E-state index contributed by atoms with van der Waals surface area (Å²) in [7, 11) is 0. The molecule has 0 aliphatic carbocycles. The molecule has 3 aromatic rings. The zero-order chi connectivity index (χ0) is 18.8. The highest BCUT2D eigenvalue weighted by molar-refractivity contribution is 6.20. The number of rotatable bonds is 5. The van der Waals surface area contributed by atoms with E-state index >= 15 is 0 Å². The molecule has 0 unspecified atom stereocenters. The molecule has 2 amide bonds. The van der Waals surface area contributed by atoms with Crippen LogP contribution in [0.3, 0.4) is 0 Å². The summed E-state index contributed by atoms with van der Waals surface area (Å²) < 4.78 is 5.73. The van der Waals surface area contributed by atoms with Crippen molar-refractivity contribution in [1.82, 2.24) is 5.06 Å². The number of carbonyl (C=O) groups excluding carboxylic acids is 3. The number of carbonyl (C=O) groups is 3. The number of furan rings is 1. The van der Waals surface area contributed by atoms with Crippen LogP contribution in [0.4, 0.5) is 0 Å². The topological polar surface area (TPSA) is 76.8 Å². The van der Waals surface area contributed by atoms with Crippen molar-refractivity contribution in [2.24, 2.45) is 0 Å². The molecular weight excluding hydrogens is 346 g/mol. The molecule has 4 rings (SSSR count). The van der Waals surface area contributed by atoms with Gasteiger partial charge in [0.05, 0.1) is 17.5 Å². The van der Waals surface area contributed by atoms with Crippen molar-refractivity contribution in [1.29, 1.82) is 0 Å². The van der Waals surface area contributed by atoms with Crippen molar-refractivity contribution < 1.29 is 23.6 Å². The normalized spacial score (nSPS) is 13.0. The van der Waals surface area contributed by atoms with Gasteiger partial charge in [-0.05, 0) is 24.3 Å². The first-order valence-corrected chi connectivity index (χ1v) is 8.46. The van der Waals surface area contributed by atoms with Gasteiger partial charge >= 0.3 is 5.97 Å². The molecule has 6 nitrogen and oxygen atoms in total. The molecule has 27 heavy (non-hydrogen) atoms. The Kier molecular flexibility index (Phi) is 4.30. The first-order chi connectivity index (χ1) is 13.1. The van der Waals surface area contributed by atoms with Crippen LogP contribution in [0.25, 0.3) is 11.3 Å². The van der Waals surface area contributed by atoms with Crippen LogP contribution in [-0.4, -0.2) is 22.8 Å². The fourth-order valence-corrected chi connectivity index (χ4v) is 2.89. The summed E-state index contributed by atoms with van der Waals surface area (Å²) in [5, 5.41) is 0.518. The van der Waals surface area contributed by atoms with E-state index in [4.69, 9.17) is 9.25 Å². The van der Waals surface area contributed by atoms with E-state index in [1.165, 1.54) is 12.1 Å². The molecule has 0 spiro atoms. The summed E-state index contributed by atoms with van der Waals surface area (Å²) in [5.74, 6) is -0.615. The second kappa shape index (κ2) is 6.92. The van der Waals surface area contributed by atoms with Gasteiger partial charge in [-0.25, -0.2) is 4.79 Å². The largest absolute Gasteiger partial charge is 0.461 e. The molecule has 0 fully saturated rings. The second-order valence-corrected chi connectivity index (χ2v) is 6.05. The van der Waals surface area contributed by atoms with Crippen LogP contribution in [0.1, 0.15) is 32.9 Å². The molecule has 0 saturated heterocycles. The van der Waals surface area contributed by atoms with Gasteiger partial charge in [-0.1, -0.05) is 47.5 Å². The van der Waals surface area contributed by atoms with E-state index in [2.05, 4.69) is 0 Å². The maximum Gasteiger partial charge on any atom is 0.333 e. The summed E-state index contributed by atoms with van der Waals surface area (Å²) in [6, 6.07) is 19.6. The third-order valence-electron chi connectivity index (χ3n) is 4.25. The summed E-state index contributed by atoms with van der Waals surface area (Å²) in [5.41, 5.74) is 1.40. The molecule has 2 aromatic carbocycles. The Balaban J connectivity index is 1.37. The maximum absolute atomic E-state index is 12.2. The van der Waals surface area contributed by atoms with Crippen molar-refractivity contribution in [2.45, 2.75) is 12.8 Å². The number of benzene rings is 2. The van der Waals surface area contributed by atoms with E-state index in [0.717, 1.165) is 5.56 Å². The summed E-state index contributed by atoms with van der Waals surface area (Å²) in [4.78, 5) is 41.4. The van der Waals surface area contributed by atoms with Gasteiger partial charge in [0.2, 0.25) is 0 Å². The van der Waals surface area contributed by atoms with Crippen LogP contribution in [0.5, 0.6) is 0 Å². The predicted octanol–water partition coefficient (Wildman–Crippen LogP) is 3.63. The number of hydroxylamine groups is 2. The van der Waals surface area contributed by atoms with Crippen molar-refractivity contribution in [3.05, 3.63) is 83.6 Å². The van der Waals surface area contributed by atoms with Crippen molar-refractivity contribution in [2.75, 3.05) is 0 Å². The Labute approximate surface area is 154 Å². The van der Waals surface area contributed by atoms with Crippen LogP contribution in [0.15, 0.2) is 71.1 Å². The predicted molar refractivity (Wildman–Crippen MR) is 95.5 cm³/mol. The molecule has 0 bridgehead atoms. The number of aryl methyl sites for hydroxylation is 1. The number of fused-ring (bicyclic) bond motifs is 1. The highest BCUT2D eigenvalue weighted by Crippen LogP contribution is 2.24. The molecule has 134 valence electrons. The van der Waals surface area contributed by atoms with Crippen LogP contribution in [0, 0.1) is 0 Å². The third-order valence-corrected chi connectivity index (χ3v) is 4.25. The molecule has 0 atom stereocenters. The Hall–Kier alpha value is -3.67. The minimum absolute atomic E-state index is 0.0187. The molecule has 1 aromatic heterocycles. The highest BCUT2D eigenvalue weighted by Gasteiger charge is 2.38. The van der Waals surface area contributed by atoms with E-state index in [-0.39, 0.29) is 17.5 Å². The average molecular weight is 361 g/mol. The van der Waals surface area contributed by atoms with Crippen molar-refractivity contribution in [3.63, 3.8) is 0 Å². The first-order valence-electron chi connectivity index (χ1n) is 8.46. The Bertz CT molecular complexity index is 987. The van der Waals surface area contributed by atoms with Gasteiger partial charge in [-0.3, -0.25) is 9.59 Å². The number of hydrogen-bond acceptors (Lipinski definition) is 5. The Morgan fingerprint density at radius 3 is 2.15 bits per heavy atom. The van der Waals surface area contributed by atoms with Gasteiger partial charge < -0.3 is 9.25 Å². The fourth-order valence-electron chi connectivity index (χ4n) is 2.89. The Morgan fingerprint density at radius 2 is 1.48 bits per heavy atom. The lowest BCUT2D eigenvalue weighted by atomic mass is 10.1. The third kappa shape index (κ3) is 3.25. The lowest BCUT2D eigenvalue weighted by Gasteiger charge is -2.12. The second-order valence-electron chi connectivity index (χ2n) is 6.05. The standard InChI is InChI=1S/C21H15NO5/c23-19(27-22-20(24)16-8-4-5-9-17(16)21(22)25)13-11-15-10-12-18(26-15)14-6-2-1-3-7-14/h1-10,12H,11,13H2. The van der Waals surface area contributed by atoms with Crippen LogP contribution in [0.2, 0.25) is 0 Å².